The highest BCUT2D eigenvalue weighted by molar-refractivity contribution is 9.10. The van der Waals surface area contributed by atoms with Gasteiger partial charge in [-0.05, 0) is 30.0 Å². The number of hydrogen-bond donors (Lipinski definition) is 0. The van der Waals surface area contributed by atoms with Gasteiger partial charge in [0.25, 0.3) is 0 Å². The Morgan fingerprint density at radius 3 is 2.88 bits per heavy atom. The van der Waals surface area contributed by atoms with E-state index in [0.717, 1.165) is 11.0 Å². The number of aromatic nitrogens is 2. The van der Waals surface area contributed by atoms with Gasteiger partial charge in [-0.15, -0.1) is 0 Å². The smallest absolute Gasteiger partial charge is 0.184 e. The lowest BCUT2D eigenvalue weighted by atomic mass is 10.2. The summed E-state index contributed by atoms with van der Waals surface area (Å²) >= 11 is 3.36. The predicted octanol–water partition coefficient (Wildman–Crippen LogP) is 1.43. The summed E-state index contributed by atoms with van der Waals surface area (Å²) in [5.74, 6) is 0.0509. The molecule has 96 valence electrons. The van der Waals surface area contributed by atoms with Gasteiger partial charge in [0, 0.05) is 20.1 Å². The van der Waals surface area contributed by atoms with Crippen molar-refractivity contribution < 1.29 is 9.53 Å². The quantitative estimate of drug-likeness (QED) is 0.715. The summed E-state index contributed by atoms with van der Waals surface area (Å²) in [4.78, 5) is 14.0. The second kappa shape index (κ2) is 6.88. The van der Waals surface area contributed by atoms with Crippen molar-refractivity contribution in [3.63, 3.8) is 0 Å². The molecule has 0 aliphatic rings. The summed E-state index contributed by atoms with van der Waals surface area (Å²) in [6, 6.07) is 0. The van der Waals surface area contributed by atoms with Crippen LogP contribution in [0.5, 0.6) is 0 Å². The minimum absolute atomic E-state index is 0.0509. The highest BCUT2D eigenvalue weighted by Crippen LogP contribution is 2.17. The van der Waals surface area contributed by atoms with E-state index in [1.165, 1.54) is 0 Å². The van der Waals surface area contributed by atoms with Gasteiger partial charge in [-0.3, -0.25) is 9.48 Å². The lowest BCUT2D eigenvalue weighted by Crippen LogP contribution is -2.21. The molecule has 1 heterocycles. The van der Waals surface area contributed by atoms with E-state index in [-0.39, 0.29) is 5.78 Å². The first kappa shape index (κ1) is 14.3. The highest BCUT2D eigenvalue weighted by atomic mass is 79.9. The van der Waals surface area contributed by atoms with Gasteiger partial charge in [0.15, 0.2) is 5.78 Å². The van der Waals surface area contributed by atoms with E-state index < -0.39 is 0 Å². The molecular weight excluding hydrogens is 286 g/mol. The third-order valence-corrected chi connectivity index (χ3v) is 2.93. The maximum absolute atomic E-state index is 12.0. The van der Waals surface area contributed by atoms with Crippen molar-refractivity contribution in [2.75, 3.05) is 34.4 Å². The number of ether oxygens (including phenoxy) is 1. The second-order valence-electron chi connectivity index (χ2n) is 4.03. The monoisotopic (exact) mass is 303 g/mol. The zero-order chi connectivity index (χ0) is 12.8. The lowest BCUT2D eigenvalue weighted by Gasteiger charge is -2.11. The van der Waals surface area contributed by atoms with Gasteiger partial charge >= 0.3 is 0 Å². The number of likely N-dealkylation sites (N-methyl/N-ethyl adjacent to an activating group) is 1. The molecule has 1 aromatic heterocycles. The van der Waals surface area contributed by atoms with Crippen molar-refractivity contribution in [2.45, 2.75) is 13.0 Å². The molecule has 0 spiro atoms. The Labute approximate surface area is 110 Å². The molecule has 0 unspecified atom stereocenters. The molecule has 0 saturated carbocycles. The second-order valence-corrected chi connectivity index (χ2v) is 4.89. The number of carbonyl (C=O) groups is 1. The van der Waals surface area contributed by atoms with Crippen LogP contribution in [0, 0.1) is 0 Å². The van der Waals surface area contributed by atoms with E-state index in [2.05, 4.69) is 25.9 Å². The number of hydrogen-bond acceptors (Lipinski definition) is 4. The maximum atomic E-state index is 12.0. The zero-order valence-electron chi connectivity index (χ0n) is 10.4. The highest BCUT2D eigenvalue weighted by Gasteiger charge is 2.16. The summed E-state index contributed by atoms with van der Waals surface area (Å²) in [7, 11) is 5.57. The lowest BCUT2D eigenvalue weighted by molar-refractivity contribution is 0.0920. The molecule has 0 N–H and O–H groups in total. The van der Waals surface area contributed by atoms with E-state index in [4.69, 9.17) is 4.74 Å². The fourth-order valence-electron chi connectivity index (χ4n) is 1.42. The largest absolute Gasteiger partial charge is 0.384 e. The minimum Gasteiger partial charge on any atom is -0.384 e. The average molecular weight is 304 g/mol. The van der Waals surface area contributed by atoms with Crippen molar-refractivity contribution in [3.8, 4) is 0 Å². The number of halogens is 1. The van der Waals surface area contributed by atoms with Gasteiger partial charge in [-0.2, -0.15) is 5.10 Å². The molecular formula is C11H18BrN3O2. The van der Waals surface area contributed by atoms with Crippen LogP contribution in [0.4, 0.5) is 0 Å². The van der Waals surface area contributed by atoms with Crippen molar-refractivity contribution in [1.29, 1.82) is 0 Å². The number of methoxy groups -OCH3 is 1. The molecule has 1 rings (SSSR count). The fraction of sp³-hybridized carbons (Fsp3) is 0.636. The summed E-state index contributed by atoms with van der Waals surface area (Å²) in [6.45, 7) is 1.98. The molecule has 0 radical (unpaired) electrons. The zero-order valence-corrected chi connectivity index (χ0v) is 12.0. The van der Waals surface area contributed by atoms with Crippen LogP contribution >= 0.6 is 15.9 Å². The summed E-state index contributed by atoms with van der Waals surface area (Å²) in [5, 5.41) is 4.20. The molecule has 17 heavy (non-hydrogen) atoms. The van der Waals surface area contributed by atoms with Gasteiger partial charge in [0.2, 0.25) is 0 Å². The summed E-state index contributed by atoms with van der Waals surface area (Å²) in [6.07, 6.45) is 2.04. The summed E-state index contributed by atoms with van der Waals surface area (Å²) < 4.78 is 7.40. The molecule has 1 aromatic rings. The molecule has 0 amide bonds. The van der Waals surface area contributed by atoms with Crippen LogP contribution in [0.25, 0.3) is 0 Å². The van der Waals surface area contributed by atoms with Crippen molar-refractivity contribution in [1.82, 2.24) is 14.7 Å². The van der Waals surface area contributed by atoms with Crippen LogP contribution in [0.2, 0.25) is 0 Å². The molecule has 0 bridgehead atoms. The van der Waals surface area contributed by atoms with Gasteiger partial charge < -0.3 is 9.64 Å². The van der Waals surface area contributed by atoms with Crippen LogP contribution < -0.4 is 0 Å². The summed E-state index contributed by atoms with van der Waals surface area (Å²) in [5.41, 5.74) is 0.629. The predicted molar refractivity (Wildman–Crippen MR) is 69.3 cm³/mol. The van der Waals surface area contributed by atoms with Gasteiger partial charge in [0.1, 0.15) is 5.69 Å². The molecule has 0 aliphatic carbocycles. The van der Waals surface area contributed by atoms with E-state index in [9.17, 15) is 4.79 Å². The van der Waals surface area contributed by atoms with Crippen LogP contribution in [0.1, 0.15) is 16.9 Å². The molecule has 6 heteroatoms. The van der Waals surface area contributed by atoms with Crippen LogP contribution in [-0.4, -0.2) is 54.8 Å². The first-order valence-corrected chi connectivity index (χ1v) is 6.23. The van der Waals surface area contributed by atoms with E-state index in [1.54, 1.807) is 18.0 Å². The van der Waals surface area contributed by atoms with Crippen molar-refractivity contribution >= 4 is 21.7 Å². The number of Topliss-reactive ketones (excluding diaryl/α,β-unsaturated/α-hetero) is 1. The van der Waals surface area contributed by atoms with Crippen LogP contribution in [0.3, 0.4) is 0 Å². The van der Waals surface area contributed by atoms with Crippen molar-refractivity contribution in [2.24, 2.45) is 0 Å². The third-order valence-electron chi connectivity index (χ3n) is 2.35. The normalized spacial score (nSPS) is 11.1. The van der Waals surface area contributed by atoms with Gasteiger partial charge in [0.05, 0.1) is 23.8 Å². The Balaban J connectivity index is 2.75. The standard InChI is InChI=1S/C11H18BrN3O2/c1-14(2)5-6-15-11(9(12)8-13-15)10(16)4-7-17-3/h8H,4-7H2,1-3H3. The Morgan fingerprint density at radius 1 is 1.59 bits per heavy atom. The Bertz CT molecular complexity index is 377. The maximum Gasteiger partial charge on any atom is 0.184 e. The van der Waals surface area contributed by atoms with Gasteiger partial charge in [-0.1, -0.05) is 0 Å². The first-order chi connectivity index (χ1) is 8.06. The first-order valence-electron chi connectivity index (χ1n) is 5.44. The third kappa shape index (κ3) is 4.22. The molecule has 0 aromatic carbocycles. The SMILES string of the molecule is COCCC(=O)c1c(Br)cnn1CCN(C)C. The number of rotatable bonds is 7. The molecule has 0 atom stereocenters. The van der Waals surface area contributed by atoms with Crippen LogP contribution in [-0.2, 0) is 11.3 Å². The van der Waals surface area contributed by atoms with E-state index in [1.807, 2.05) is 14.1 Å². The Morgan fingerprint density at radius 2 is 2.29 bits per heavy atom. The molecule has 0 saturated heterocycles. The molecule has 5 nitrogen and oxygen atoms in total. The molecule has 0 aliphatic heterocycles. The minimum atomic E-state index is 0.0509. The topological polar surface area (TPSA) is 47.4 Å². The van der Waals surface area contributed by atoms with E-state index >= 15 is 0 Å². The average Bonchev–Trinajstić information content (AvgIpc) is 2.64. The Kier molecular flexibility index (Phi) is 5.80. The number of carbonyl (C=O) groups excluding carboxylic acids is 1. The van der Waals surface area contributed by atoms with E-state index in [0.29, 0.717) is 25.3 Å². The number of nitrogens with zero attached hydrogens (tertiary/aromatic N) is 3. The fourth-order valence-corrected chi connectivity index (χ4v) is 1.93. The van der Waals surface area contributed by atoms with Crippen LogP contribution in [0.15, 0.2) is 10.7 Å². The molecule has 0 fully saturated rings. The Hall–Kier alpha value is -0.720. The van der Waals surface area contributed by atoms with Crippen molar-refractivity contribution in [3.05, 3.63) is 16.4 Å². The number of ketones is 1. The van der Waals surface area contributed by atoms with Gasteiger partial charge in [-0.25, -0.2) is 0 Å².